The van der Waals surface area contributed by atoms with E-state index in [0.717, 1.165) is 6.07 Å². The van der Waals surface area contributed by atoms with Gasteiger partial charge in [-0.1, -0.05) is 19.9 Å². The monoisotopic (exact) mass is 492 g/mol. The summed E-state index contributed by atoms with van der Waals surface area (Å²) in [5.41, 5.74) is 0.346. The molecule has 1 aliphatic rings. The lowest BCUT2D eigenvalue weighted by Gasteiger charge is -2.21. The molecule has 188 valence electrons. The normalized spacial score (nSPS) is 17.6. The third kappa shape index (κ3) is 6.97. The van der Waals surface area contributed by atoms with Crippen molar-refractivity contribution < 1.29 is 32.3 Å². The summed E-state index contributed by atoms with van der Waals surface area (Å²) < 4.78 is 42.2. The summed E-state index contributed by atoms with van der Waals surface area (Å²) in [5, 5.41) is 14.9. The minimum absolute atomic E-state index is 0.0549. The van der Waals surface area contributed by atoms with Crippen molar-refractivity contribution in [3.8, 4) is 11.8 Å². The molecule has 3 unspecified atom stereocenters. The van der Waals surface area contributed by atoms with Crippen LogP contribution >= 0.6 is 0 Å². The molecule has 11 heteroatoms. The molecule has 1 aromatic carbocycles. The number of aromatic amines is 1. The molecule has 1 aromatic heterocycles. The van der Waals surface area contributed by atoms with Crippen LogP contribution in [0.25, 0.3) is 10.9 Å². The lowest BCUT2D eigenvalue weighted by Crippen LogP contribution is -2.41. The number of amides is 2. The van der Waals surface area contributed by atoms with E-state index in [0.29, 0.717) is 24.9 Å². The fourth-order valence-electron chi connectivity index (χ4n) is 4.27. The van der Waals surface area contributed by atoms with Crippen LogP contribution < -0.4 is 15.4 Å². The summed E-state index contributed by atoms with van der Waals surface area (Å²) in [5.74, 6) is -2.57. The summed E-state index contributed by atoms with van der Waals surface area (Å²) in [7, 11) is 0. The van der Waals surface area contributed by atoms with E-state index in [1.807, 2.05) is 19.9 Å². The van der Waals surface area contributed by atoms with Crippen molar-refractivity contribution in [2.45, 2.75) is 51.9 Å². The van der Waals surface area contributed by atoms with Crippen molar-refractivity contribution in [1.29, 1.82) is 5.26 Å². The molecule has 0 bridgehead atoms. The van der Waals surface area contributed by atoms with Gasteiger partial charge in [0.15, 0.2) is 5.78 Å². The molecule has 0 spiro atoms. The van der Waals surface area contributed by atoms with Crippen molar-refractivity contribution in [2.24, 2.45) is 17.8 Å². The quantitative estimate of drug-likeness (QED) is 0.435. The Labute approximate surface area is 200 Å². The third-order valence-electron chi connectivity index (χ3n) is 5.86. The number of hydrogen-bond acceptors (Lipinski definition) is 5. The third-order valence-corrected chi connectivity index (χ3v) is 5.86. The van der Waals surface area contributed by atoms with Gasteiger partial charge in [-0.25, -0.2) is 0 Å². The number of alkyl halides is 3. The van der Waals surface area contributed by atoms with Gasteiger partial charge in [-0.15, -0.1) is 13.2 Å². The fourth-order valence-corrected chi connectivity index (χ4v) is 4.27. The molecule has 3 atom stereocenters. The average molecular weight is 492 g/mol. The van der Waals surface area contributed by atoms with Gasteiger partial charge >= 0.3 is 6.36 Å². The number of nitriles is 1. The predicted octanol–water partition coefficient (Wildman–Crippen LogP) is 3.84. The number of hydrogen-bond donors (Lipinski definition) is 3. The van der Waals surface area contributed by atoms with Gasteiger partial charge in [0.25, 0.3) is 0 Å². The minimum atomic E-state index is -4.88. The molecule has 0 radical (unpaired) electrons. The van der Waals surface area contributed by atoms with Gasteiger partial charge in [-0.3, -0.25) is 14.4 Å². The largest absolute Gasteiger partial charge is 0.573 e. The second-order valence-electron chi connectivity index (χ2n) is 9.10. The summed E-state index contributed by atoms with van der Waals surface area (Å²) in [6, 6.07) is 6.45. The minimum Gasteiger partial charge on any atom is -0.405 e. The highest BCUT2D eigenvalue weighted by Gasteiger charge is 2.33. The maximum atomic E-state index is 13.0. The van der Waals surface area contributed by atoms with Crippen molar-refractivity contribution in [1.82, 2.24) is 15.6 Å². The number of ketones is 1. The molecule has 8 nitrogen and oxygen atoms in total. The Hall–Kier alpha value is -3.55. The van der Waals surface area contributed by atoms with E-state index in [1.54, 1.807) is 0 Å². The number of halogens is 3. The first kappa shape index (κ1) is 26.1. The van der Waals surface area contributed by atoms with Crippen LogP contribution in [-0.2, 0) is 9.59 Å². The zero-order chi connectivity index (χ0) is 25.8. The molecular weight excluding hydrogens is 465 g/mol. The predicted molar refractivity (Wildman–Crippen MR) is 120 cm³/mol. The van der Waals surface area contributed by atoms with E-state index >= 15 is 0 Å². The summed E-state index contributed by atoms with van der Waals surface area (Å²) in [6.45, 7) is 4.30. The van der Waals surface area contributed by atoms with Crippen LogP contribution in [0.3, 0.4) is 0 Å². The number of benzene rings is 1. The van der Waals surface area contributed by atoms with Gasteiger partial charge < -0.3 is 20.4 Å². The summed E-state index contributed by atoms with van der Waals surface area (Å²) >= 11 is 0. The highest BCUT2D eigenvalue weighted by molar-refractivity contribution is 6.02. The first-order chi connectivity index (χ1) is 16.5. The molecule has 3 rings (SSSR count). The van der Waals surface area contributed by atoms with Crippen LogP contribution in [-0.4, -0.2) is 41.5 Å². The lowest BCUT2D eigenvalue weighted by atomic mass is 9.90. The van der Waals surface area contributed by atoms with E-state index in [-0.39, 0.29) is 41.7 Å². The molecule has 0 saturated carbocycles. The highest BCUT2D eigenvalue weighted by atomic mass is 19.4. The zero-order valence-electron chi connectivity index (χ0n) is 19.4. The number of Topliss-reactive ketones (excluding diaryl/α,β-unsaturated/α-hetero) is 1. The number of nitrogens with zero attached hydrogens (tertiary/aromatic N) is 1. The average Bonchev–Trinajstić information content (AvgIpc) is 3.38. The van der Waals surface area contributed by atoms with Crippen LogP contribution in [0.15, 0.2) is 24.3 Å². The Bertz CT molecular complexity index is 1140. The second-order valence-corrected chi connectivity index (χ2v) is 9.10. The maximum absolute atomic E-state index is 13.0. The Morgan fingerprint density at radius 2 is 2.06 bits per heavy atom. The van der Waals surface area contributed by atoms with Crippen molar-refractivity contribution in [2.75, 3.05) is 6.54 Å². The molecule has 2 amide bonds. The Morgan fingerprint density at radius 1 is 1.31 bits per heavy atom. The lowest BCUT2D eigenvalue weighted by molar-refractivity contribution is -0.274. The smallest absolute Gasteiger partial charge is 0.405 e. The van der Waals surface area contributed by atoms with Gasteiger partial charge in [-0.2, -0.15) is 5.26 Å². The van der Waals surface area contributed by atoms with Crippen LogP contribution in [0.2, 0.25) is 0 Å². The standard InChI is InChI=1S/C24H27F3N4O4/c1-13(2)8-15(23(34)30-16(12-28)9-14-6-7-29-22(14)33)10-20(32)19-11-17-18(31-19)4-3-5-21(17)35-24(25,26)27/h3-5,11,13-16,31H,6-10H2,1-2H3,(H,29,33)(H,30,34). The van der Waals surface area contributed by atoms with Crippen LogP contribution in [0.1, 0.15) is 50.0 Å². The molecular formula is C24H27F3N4O4. The SMILES string of the molecule is CC(C)CC(CC(=O)c1cc2c(OC(F)(F)F)cccc2[nH]1)C(=O)NC(C#N)CC1CCNC1=O. The van der Waals surface area contributed by atoms with Crippen LogP contribution in [0, 0.1) is 29.1 Å². The molecule has 35 heavy (non-hydrogen) atoms. The molecule has 2 heterocycles. The number of rotatable bonds is 10. The van der Waals surface area contributed by atoms with Crippen LogP contribution in [0.5, 0.6) is 5.75 Å². The number of H-pyrrole nitrogens is 1. The van der Waals surface area contributed by atoms with Gasteiger partial charge in [0, 0.05) is 35.7 Å². The number of carbonyl (C=O) groups excluding carboxylic acids is 3. The van der Waals surface area contributed by atoms with Gasteiger partial charge in [0.1, 0.15) is 11.8 Å². The summed E-state index contributed by atoms with van der Waals surface area (Å²) in [6.07, 6.45) is -3.95. The molecule has 0 aliphatic carbocycles. The molecule has 3 N–H and O–H groups in total. The van der Waals surface area contributed by atoms with E-state index in [9.17, 15) is 32.8 Å². The second kappa shape index (κ2) is 10.8. The number of aromatic nitrogens is 1. The maximum Gasteiger partial charge on any atom is 0.573 e. The molecule has 1 saturated heterocycles. The van der Waals surface area contributed by atoms with E-state index in [1.165, 1.54) is 18.2 Å². The molecule has 2 aromatic rings. The Kier molecular flexibility index (Phi) is 8.04. The van der Waals surface area contributed by atoms with Crippen molar-refractivity contribution >= 4 is 28.5 Å². The number of fused-ring (bicyclic) bond motifs is 1. The summed E-state index contributed by atoms with van der Waals surface area (Å²) in [4.78, 5) is 40.6. The van der Waals surface area contributed by atoms with Gasteiger partial charge in [0.05, 0.1) is 11.8 Å². The van der Waals surface area contributed by atoms with Gasteiger partial charge in [-0.05, 0) is 43.4 Å². The number of carbonyl (C=O) groups is 3. The fraction of sp³-hybridized carbons (Fsp3) is 0.500. The Balaban J connectivity index is 1.74. The highest BCUT2D eigenvalue weighted by Crippen LogP contribution is 2.32. The first-order valence-corrected chi connectivity index (χ1v) is 11.3. The van der Waals surface area contributed by atoms with Crippen molar-refractivity contribution in [3.63, 3.8) is 0 Å². The van der Waals surface area contributed by atoms with E-state index in [2.05, 4.69) is 20.4 Å². The van der Waals surface area contributed by atoms with Crippen molar-refractivity contribution in [3.05, 3.63) is 30.0 Å². The van der Waals surface area contributed by atoms with Crippen LogP contribution in [0.4, 0.5) is 13.2 Å². The topological polar surface area (TPSA) is 124 Å². The molecule has 1 fully saturated rings. The number of nitrogens with one attached hydrogen (secondary N) is 3. The van der Waals surface area contributed by atoms with E-state index < -0.39 is 35.8 Å². The zero-order valence-corrected chi connectivity index (χ0v) is 19.4. The van der Waals surface area contributed by atoms with Gasteiger partial charge in [0.2, 0.25) is 11.8 Å². The first-order valence-electron chi connectivity index (χ1n) is 11.3. The Morgan fingerprint density at radius 3 is 2.66 bits per heavy atom. The molecule has 1 aliphatic heterocycles. The van der Waals surface area contributed by atoms with E-state index in [4.69, 9.17) is 0 Å². The number of ether oxygens (including phenoxy) is 1.